The van der Waals surface area contributed by atoms with E-state index in [0.29, 0.717) is 11.0 Å². The fraction of sp³-hybridized carbons (Fsp3) is 0.100. The van der Waals surface area contributed by atoms with Gasteiger partial charge >= 0.3 is 5.97 Å². The monoisotopic (exact) mass is 255 g/mol. The van der Waals surface area contributed by atoms with Crippen LogP contribution in [0, 0.1) is 0 Å². The lowest BCUT2D eigenvalue weighted by Gasteiger charge is -2.00. The number of aromatic carboxylic acids is 1. The standard InChI is InChI=1S/C10H10BrNO2/c11-9-4-3-7(2-1-5-12)6-8(9)10(13)14/h1-4,6H,5,12H2,(H,13,14). The van der Waals surface area contributed by atoms with Crippen molar-refractivity contribution < 1.29 is 9.90 Å². The van der Waals surface area contributed by atoms with Crippen LogP contribution in [0.4, 0.5) is 0 Å². The Morgan fingerprint density at radius 2 is 2.29 bits per heavy atom. The quantitative estimate of drug-likeness (QED) is 0.870. The van der Waals surface area contributed by atoms with Crippen LogP contribution < -0.4 is 5.73 Å². The highest BCUT2D eigenvalue weighted by molar-refractivity contribution is 9.10. The van der Waals surface area contributed by atoms with E-state index >= 15 is 0 Å². The molecule has 0 aromatic heterocycles. The molecule has 0 fully saturated rings. The molecule has 0 aliphatic carbocycles. The van der Waals surface area contributed by atoms with Crippen LogP contribution in [0.3, 0.4) is 0 Å². The average molecular weight is 256 g/mol. The Hall–Kier alpha value is -1.13. The molecule has 0 saturated heterocycles. The maximum absolute atomic E-state index is 10.8. The molecule has 3 N–H and O–H groups in total. The molecule has 0 saturated carbocycles. The van der Waals surface area contributed by atoms with Crippen molar-refractivity contribution in [3.05, 3.63) is 39.9 Å². The molecule has 0 unspecified atom stereocenters. The molecule has 0 aliphatic rings. The van der Waals surface area contributed by atoms with E-state index < -0.39 is 5.97 Å². The number of carboxylic acids is 1. The first-order chi connectivity index (χ1) is 6.65. The molecule has 0 radical (unpaired) electrons. The Balaban J connectivity index is 3.06. The van der Waals surface area contributed by atoms with Crippen LogP contribution in [0.15, 0.2) is 28.7 Å². The van der Waals surface area contributed by atoms with Gasteiger partial charge in [0.1, 0.15) is 0 Å². The van der Waals surface area contributed by atoms with E-state index in [2.05, 4.69) is 15.9 Å². The Labute approximate surface area is 90.4 Å². The normalized spacial score (nSPS) is 10.7. The predicted octanol–water partition coefficient (Wildman–Crippen LogP) is 2.12. The number of benzene rings is 1. The molecule has 0 amide bonds. The maximum atomic E-state index is 10.8. The minimum Gasteiger partial charge on any atom is -0.478 e. The number of carbonyl (C=O) groups is 1. The van der Waals surface area contributed by atoms with Crippen LogP contribution in [0.1, 0.15) is 15.9 Å². The molecule has 0 heterocycles. The second kappa shape index (κ2) is 4.93. The highest BCUT2D eigenvalue weighted by atomic mass is 79.9. The summed E-state index contributed by atoms with van der Waals surface area (Å²) >= 11 is 3.17. The van der Waals surface area contributed by atoms with Gasteiger partial charge in [-0.05, 0) is 33.6 Å². The van der Waals surface area contributed by atoms with Gasteiger partial charge in [0.25, 0.3) is 0 Å². The van der Waals surface area contributed by atoms with Crippen molar-refractivity contribution in [1.29, 1.82) is 0 Å². The van der Waals surface area contributed by atoms with Gasteiger partial charge in [-0.25, -0.2) is 4.79 Å². The van der Waals surface area contributed by atoms with E-state index in [4.69, 9.17) is 10.8 Å². The molecule has 74 valence electrons. The average Bonchev–Trinajstić information content (AvgIpc) is 2.16. The van der Waals surface area contributed by atoms with Gasteiger partial charge in [0.2, 0.25) is 0 Å². The Bertz CT molecular complexity index is 374. The fourth-order valence-electron chi connectivity index (χ4n) is 1.01. The highest BCUT2D eigenvalue weighted by Crippen LogP contribution is 2.18. The van der Waals surface area contributed by atoms with Gasteiger partial charge in [-0.2, -0.15) is 0 Å². The van der Waals surface area contributed by atoms with E-state index in [1.165, 1.54) is 0 Å². The lowest BCUT2D eigenvalue weighted by atomic mass is 10.1. The zero-order valence-electron chi connectivity index (χ0n) is 7.40. The van der Waals surface area contributed by atoms with E-state index in [9.17, 15) is 4.79 Å². The van der Waals surface area contributed by atoms with Gasteiger partial charge in [-0.3, -0.25) is 0 Å². The summed E-state index contributed by atoms with van der Waals surface area (Å²) < 4.78 is 0.579. The summed E-state index contributed by atoms with van der Waals surface area (Å²) in [7, 11) is 0. The SMILES string of the molecule is NCC=Cc1ccc(Br)c(C(=O)O)c1. The molecule has 0 bridgehead atoms. The molecule has 1 rings (SSSR count). The number of rotatable bonds is 3. The van der Waals surface area contributed by atoms with Crippen molar-refractivity contribution in [2.24, 2.45) is 5.73 Å². The molecule has 0 atom stereocenters. The number of carboxylic acid groups (broad SMARTS) is 1. The van der Waals surface area contributed by atoms with Gasteiger partial charge < -0.3 is 10.8 Å². The molecule has 0 aliphatic heterocycles. The van der Waals surface area contributed by atoms with E-state index in [-0.39, 0.29) is 5.56 Å². The predicted molar refractivity (Wildman–Crippen MR) is 59.2 cm³/mol. The van der Waals surface area contributed by atoms with Crippen molar-refractivity contribution >= 4 is 28.0 Å². The molecule has 3 nitrogen and oxygen atoms in total. The fourth-order valence-corrected chi connectivity index (χ4v) is 1.43. The third-order valence-electron chi connectivity index (χ3n) is 1.67. The third kappa shape index (κ3) is 2.68. The summed E-state index contributed by atoms with van der Waals surface area (Å²) in [6.45, 7) is 0.443. The second-order valence-electron chi connectivity index (χ2n) is 2.68. The van der Waals surface area contributed by atoms with E-state index in [1.807, 2.05) is 6.07 Å². The van der Waals surface area contributed by atoms with Crippen LogP contribution in [0.25, 0.3) is 6.08 Å². The minimum absolute atomic E-state index is 0.254. The smallest absolute Gasteiger partial charge is 0.336 e. The number of hydrogen-bond donors (Lipinski definition) is 2. The second-order valence-corrected chi connectivity index (χ2v) is 3.54. The zero-order valence-corrected chi connectivity index (χ0v) is 8.99. The summed E-state index contributed by atoms with van der Waals surface area (Å²) in [6, 6.07) is 5.13. The van der Waals surface area contributed by atoms with Gasteiger partial charge in [-0.1, -0.05) is 18.2 Å². The summed E-state index contributed by atoms with van der Waals surface area (Å²) in [6.07, 6.45) is 3.56. The number of halogens is 1. The summed E-state index contributed by atoms with van der Waals surface area (Å²) in [5, 5.41) is 8.84. The Kier molecular flexibility index (Phi) is 3.85. The summed E-state index contributed by atoms with van der Waals surface area (Å²) in [4.78, 5) is 10.8. The first-order valence-electron chi connectivity index (χ1n) is 4.04. The van der Waals surface area contributed by atoms with Crippen LogP contribution >= 0.6 is 15.9 Å². The largest absolute Gasteiger partial charge is 0.478 e. The topological polar surface area (TPSA) is 63.3 Å². The van der Waals surface area contributed by atoms with E-state index in [1.54, 1.807) is 24.3 Å². The van der Waals surface area contributed by atoms with Crippen LogP contribution in [-0.2, 0) is 0 Å². The van der Waals surface area contributed by atoms with Crippen LogP contribution in [0.5, 0.6) is 0 Å². The van der Waals surface area contributed by atoms with Gasteiger partial charge in [0.05, 0.1) is 5.56 Å². The zero-order chi connectivity index (χ0) is 10.6. The summed E-state index contributed by atoms with van der Waals surface area (Å²) in [5.74, 6) is -0.945. The van der Waals surface area contributed by atoms with Gasteiger partial charge in [-0.15, -0.1) is 0 Å². The lowest BCUT2D eigenvalue weighted by Crippen LogP contribution is -1.98. The molecule has 14 heavy (non-hydrogen) atoms. The maximum Gasteiger partial charge on any atom is 0.336 e. The van der Waals surface area contributed by atoms with Gasteiger partial charge in [0.15, 0.2) is 0 Å². The first kappa shape index (κ1) is 10.9. The molecule has 4 heteroatoms. The van der Waals surface area contributed by atoms with Gasteiger partial charge in [0, 0.05) is 11.0 Å². The lowest BCUT2D eigenvalue weighted by molar-refractivity contribution is 0.0696. The van der Waals surface area contributed by atoms with E-state index in [0.717, 1.165) is 5.56 Å². The Morgan fingerprint density at radius 1 is 1.57 bits per heavy atom. The van der Waals surface area contributed by atoms with Crippen molar-refractivity contribution in [2.45, 2.75) is 0 Å². The third-order valence-corrected chi connectivity index (χ3v) is 2.36. The Morgan fingerprint density at radius 3 is 2.86 bits per heavy atom. The summed E-state index contributed by atoms with van der Waals surface area (Å²) in [5.41, 5.74) is 6.38. The molecule has 0 spiro atoms. The molecule has 1 aromatic carbocycles. The first-order valence-corrected chi connectivity index (χ1v) is 4.84. The van der Waals surface area contributed by atoms with Crippen molar-refractivity contribution in [3.8, 4) is 0 Å². The van der Waals surface area contributed by atoms with Crippen molar-refractivity contribution in [2.75, 3.05) is 6.54 Å². The number of nitrogens with two attached hydrogens (primary N) is 1. The molecule has 1 aromatic rings. The highest BCUT2D eigenvalue weighted by Gasteiger charge is 2.07. The minimum atomic E-state index is -0.945. The molecular weight excluding hydrogens is 246 g/mol. The van der Waals surface area contributed by atoms with Crippen molar-refractivity contribution in [1.82, 2.24) is 0 Å². The van der Waals surface area contributed by atoms with Crippen LogP contribution in [-0.4, -0.2) is 17.6 Å². The van der Waals surface area contributed by atoms with Crippen molar-refractivity contribution in [3.63, 3.8) is 0 Å². The molecular formula is C10H10BrNO2. The number of hydrogen-bond acceptors (Lipinski definition) is 2. The van der Waals surface area contributed by atoms with Crippen LogP contribution in [0.2, 0.25) is 0 Å².